The molecule has 2 nitrogen and oxygen atoms in total. The van der Waals surface area contributed by atoms with Gasteiger partial charge in [-0.15, -0.1) is 0 Å². The van der Waals surface area contributed by atoms with Crippen molar-refractivity contribution >= 4 is 0 Å². The van der Waals surface area contributed by atoms with Gasteiger partial charge in [0.25, 0.3) is 0 Å². The molecule has 1 aliphatic rings. The second kappa shape index (κ2) is 7.24. The van der Waals surface area contributed by atoms with Crippen LogP contribution in [0.5, 0.6) is 0 Å². The second-order valence-electron chi connectivity index (χ2n) is 6.21. The summed E-state index contributed by atoms with van der Waals surface area (Å²) in [6, 6.07) is 9.17. The van der Waals surface area contributed by atoms with Gasteiger partial charge in [0.1, 0.15) is 0 Å². The molecule has 0 spiro atoms. The van der Waals surface area contributed by atoms with Gasteiger partial charge < -0.3 is 10.4 Å². The first-order valence-electron chi connectivity index (χ1n) is 8.17. The number of aliphatic hydroxyl groups excluding tert-OH is 1. The van der Waals surface area contributed by atoms with E-state index in [1.807, 2.05) is 0 Å². The molecule has 3 unspecified atom stereocenters. The van der Waals surface area contributed by atoms with E-state index in [2.05, 4.69) is 50.4 Å². The van der Waals surface area contributed by atoms with E-state index in [9.17, 15) is 5.11 Å². The van der Waals surface area contributed by atoms with Gasteiger partial charge in [-0.2, -0.15) is 0 Å². The Bertz CT molecular complexity index is 414. The number of rotatable bonds is 6. The summed E-state index contributed by atoms with van der Waals surface area (Å²) in [7, 11) is 0. The van der Waals surface area contributed by atoms with E-state index < -0.39 is 0 Å². The fourth-order valence-electron chi connectivity index (χ4n) is 3.48. The Labute approximate surface area is 123 Å². The molecule has 2 heteroatoms. The Kier molecular flexibility index (Phi) is 5.62. The van der Waals surface area contributed by atoms with Crippen LogP contribution >= 0.6 is 0 Å². The highest BCUT2D eigenvalue weighted by Crippen LogP contribution is 2.36. The summed E-state index contributed by atoms with van der Waals surface area (Å²) in [5, 5.41) is 13.9. The van der Waals surface area contributed by atoms with E-state index >= 15 is 0 Å². The molecule has 2 rings (SSSR count). The van der Waals surface area contributed by atoms with Crippen LogP contribution in [0.25, 0.3) is 0 Å². The zero-order chi connectivity index (χ0) is 14.5. The monoisotopic (exact) mass is 275 g/mol. The lowest BCUT2D eigenvalue weighted by Crippen LogP contribution is -2.36. The molecule has 2 N–H and O–H groups in total. The van der Waals surface area contributed by atoms with E-state index in [1.165, 1.54) is 24.0 Å². The molecule has 0 fully saturated rings. The lowest BCUT2D eigenvalue weighted by Gasteiger charge is -2.32. The maximum Gasteiger partial charge on any atom is 0.0692 e. The SMILES string of the molecule is CCC(CC)C(O)CNC1CCC(C)c2ccccc21. The molecule has 0 aliphatic heterocycles. The largest absolute Gasteiger partial charge is 0.392 e. The summed E-state index contributed by atoms with van der Waals surface area (Å²) in [6.07, 6.45) is 4.29. The average Bonchev–Trinajstić information content (AvgIpc) is 2.48. The standard InChI is InChI=1S/C18H29NO/c1-4-14(5-2)18(20)12-19-17-11-10-13(3)15-8-6-7-9-16(15)17/h6-9,13-14,17-20H,4-5,10-12H2,1-3H3. The molecule has 0 saturated heterocycles. The fraction of sp³-hybridized carbons (Fsp3) is 0.667. The van der Waals surface area contributed by atoms with Crippen LogP contribution in [0.2, 0.25) is 0 Å². The Morgan fingerprint density at radius 1 is 1.15 bits per heavy atom. The van der Waals surface area contributed by atoms with Crippen LogP contribution in [0.3, 0.4) is 0 Å². The van der Waals surface area contributed by atoms with Crippen LogP contribution in [0.1, 0.15) is 69.5 Å². The normalized spacial score (nSPS) is 23.6. The topological polar surface area (TPSA) is 32.3 Å². The van der Waals surface area contributed by atoms with E-state index in [4.69, 9.17) is 0 Å². The van der Waals surface area contributed by atoms with Crippen LogP contribution in [0.15, 0.2) is 24.3 Å². The van der Waals surface area contributed by atoms with Crippen molar-refractivity contribution in [2.24, 2.45) is 5.92 Å². The van der Waals surface area contributed by atoms with E-state index in [1.54, 1.807) is 0 Å². The van der Waals surface area contributed by atoms with Crippen molar-refractivity contribution in [3.05, 3.63) is 35.4 Å². The quantitative estimate of drug-likeness (QED) is 0.822. The molecule has 0 amide bonds. The molecular weight excluding hydrogens is 246 g/mol. The number of aliphatic hydroxyl groups is 1. The van der Waals surface area contributed by atoms with Crippen molar-refractivity contribution in [2.45, 2.75) is 64.5 Å². The predicted octanol–water partition coefficient (Wildman–Crippen LogP) is 4.01. The van der Waals surface area contributed by atoms with Gasteiger partial charge in [0, 0.05) is 12.6 Å². The summed E-state index contributed by atoms with van der Waals surface area (Å²) in [4.78, 5) is 0. The van der Waals surface area contributed by atoms with Crippen molar-refractivity contribution in [1.82, 2.24) is 5.32 Å². The molecule has 0 radical (unpaired) electrons. The maximum atomic E-state index is 10.3. The van der Waals surface area contributed by atoms with Crippen molar-refractivity contribution in [1.29, 1.82) is 0 Å². The first-order valence-corrected chi connectivity index (χ1v) is 8.17. The van der Waals surface area contributed by atoms with Gasteiger partial charge in [0.15, 0.2) is 0 Å². The second-order valence-corrected chi connectivity index (χ2v) is 6.21. The maximum absolute atomic E-state index is 10.3. The van der Waals surface area contributed by atoms with Crippen molar-refractivity contribution < 1.29 is 5.11 Å². The minimum Gasteiger partial charge on any atom is -0.392 e. The highest BCUT2D eigenvalue weighted by atomic mass is 16.3. The van der Waals surface area contributed by atoms with Gasteiger partial charge in [0.2, 0.25) is 0 Å². The van der Waals surface area contributed by atoms with Crippen LogP contribution < -0.4 is 5.32 Å². The molecule has 1 aromatic carbocycles. The molecular formula is C18H29NO. The summed E-state index contributed by atoms with van der Waals surface area (Å²) in [5.74, 6) is 1.08. The van der Waals surface area contributed by atoms with Crippen molar-refractivity contribution in [2.75, 3.05) is 6.54 Å². The average molecular weight is 275 g/mol. The summed E-state index contributed by atoms with van der Waals surface area (Å²) < 4.78 is 0. The lowest BCUT2D eigenvalue weighted by molar-refractivity contribution is 0.0973. The third-order valence-corrected chi connectivity index (χ3v) is 4.96. The summed E-state index contributed by atoms with van der Waals surface area (Å²) >= 11 is 0. The zero-order valence-corrected chi connectivity index (χ0v) is 13.1. The number of nitrogens with one attached hydrogen (secondary N) is 1. The van der Waals surface area contributed by atoms with Crippen LogP contribution in [0, 0.1) is 5.92 Å². The van der Waals surface area contributed by atoms with Gasteiger partial charge in [-0.3, -0.25) is 0 Å². The molecule has 3 atom stereocenters. The molecule has 0 bridgehead atoms. The van der Waals surface area contributed by atoms with E-state index in [0.29, 0.717) is 24.4 Å². The Hall–Kier alpha value is -0.860. The highest BCUT2D eigenvalue weighted by molar-refractivity contribution is 5.34. The third-order valence-electron chi connectivity index (χ3n) is 4.96. The molecule has 0 saturated carbocycles. The van der Waals surface area contributed by atoms with Crippen molar-refractivity contribution in [3.63, 3.8) is 0 Å². The van der Waals surface area contributed by atoms with Crippen LogP contribution in [-0.4, -0.2) is 17.8 Å². The van der Waals surface area contributed by atoms with Gasteiger partial charge >= 0.3 is 0 Å². The number of fused-ring (bicyclic) bond motifs is 1. The van der Waals surface area contributed by atoms with Gasteiger partial charge in [-0.25, -0.2) is 0 Å². The Morgan fingerprint density at radius 3 is 2.45 bits per heavy atom. The number of benzene rings is 1. The Morgan fingerprint density at radius 2 is 1.80 bits per heavy atom. The molecule has 112 valence electrons. The minimum atomic E-state index is -0.225. The molecule has 0 heterocycles. The first kappa shape index (κ1) is 15.5. The highest BCUT2D eigenvalue weighted by Gasteiger charge is 2.25. The fourth-order valence-corrected chi connectivity index (χ4v) is 3.48. The summed E-state index contributed by atoms with van der Waals surface area (Å²) in [6.45, 7) is 7.35. The molecule has 1 aromatic rings. The van der Waals surface area contributed by atoms with Gasteiger partial charge in [-0.05, 0) is 35.8 Å². The smallest absolute Gasteiger partial charge is 0.0692 e. The van der Waals surface area contributed by atoms with Crippen molar-refractivity contribution in [3.8, 4) is 0 Å². The molecule has 1 aliphatic carbocycles. The van der Waals surface area contributed by atoms with E-state index in [0.717, 1.165) is 12.8 Å². The number of hydrogen-bond donors (Lipinski definition) is 2. The lowest BCUT2D eigenvalue weighted by atomic mass is 9.81. The third kappa shape index (κ3) is 3.42. The summed E-state index contributed by atoms with van der Waals surface area (Å²) in [5.41, 5.74) is 2.91. The predicted molar refractivity (Wildman–Crippen MR) is 84.9 cm³/mol. The molecule has 0 aromatic heterocycles. The Balaban J connectivity index is 1.99. The van der Waals surface area contributed by atoms with Gasteiger partial charge in [0.05, 0.1) is 6.10 Å². The van der Waals surface area contributed by atoms with Gasteiger partial charge in [-0.1, -0.05) is 57.9 Å². The molecule has 20 heavy (non-hydrogen) atoms. The number of hydrogen-bond acceptors (Lipinski definition) is 2. The minimum absolute atomic E-state index is 0.225. The van der Waals surface area contributed by atoms with Crippen LogP contribution in [0.4, 0.5) is 0 Å². The van der Waals surface area contributed by atoms with Crippen LogP contribution in [-0.2, 0) is 0 Å². The van der Waals surface area contributed by atoms with E-state index in [-0.39, 0.29) is 6.10 Å². The zero-order valence-electron chi connectivity index (χ0n) is 13.1. The first-order chi connectivity index (χ1) is 9.67.